The van der Waals surface area contributed by atoms with Crippen LogP contribution >= 0.6 is 22.9 Å². The smallest absolute Gasteiger partial charge is 0.124 e. The molecule has 4 nitrogen and oxygen atoms in total. The van der Waals surface area contributed by atoms with Gasteiger partial charge in [-0.25, -0.2) is 4.98 Å². The normalized spacial score (nSPS) is 11.5. The number of aromatic nitrogens is 2. The lowest BCUT2D eigenvalue weighted by Gasteiger charge is -2.25. The van der Waals surface area contributed by atoms with Crippen molar-refractivity contribution in [2.45, 2.75) is 27.2 Å². The Bertz CT molecular complexity index is 967. The van der Waals surface area contributed by atoms with Gasteiger partial charge in [0.05, 0.1) is 10.7 Å². The third-order valence-corrected chi connectivity index (χ3v) is 6.18. The molecule has 0 saturated heterocycles. The van der Waals surface area contributed by atoms with Crippen LogP contribution in [0.25, 0.3) is 21.8 Å². The van der Waals surface area contributed by atoms with Crippen LogP contribution in [0, 0.1) is 5.92 Å². The SMILES string of the molecule is CCN(CCN(C)C)c1ccc(-c2csc(-c3ccnc(CC(C)C)c3)n2)c(Cl)c1. The Balaban J connectivity index is 1.81. The Morgan fingerprint density at radius 3 is 2.57 bits per heavy atom. The maximum Gasteiger partial charge on any atom is 0.124 e. The summed E-state index contributed by atoms with van der Waals surface area (Å²) in [5.74, 6) is 0.581. The second kappa shape index (κ2) is 10.4. The van der Waals surface area contributed by atoms with E-state index in [0.29, 0.717) is 5.92 Å². The summed E-state index contributed by atoms with van der Waals surface area (Å²) in [6, 6.07) is 10.5. The van der Waals surface area contributed by atoms with Gasteiger partial charge in [-0.15, -0.1) is 11.3 Å². The lowest BCUT2D eigenvalue weighted by molar-refractivity contribution is 0.414. The molecule has 0 aliphatic rings. The van der Waals surface area contributed by atoms with Crippen LogP contribution in [0.5, 0.6) is 0 Å². The van der Waals surface area contributed by atoms with Gasteiger partial charge in [0.1, 0.15) is 5.01 Å². The molecule has 3 rings (SSSR count). The van der Waals surface area contributed by atoms with Crippen LogP contribution in [-0.2, 0) is 6.42 Å². The molecular formula is C24H31ClN4S. The van der Waals surface area contributed by atoms with Gasteiger partial charge < -0.3 is 9.80 Å². The first-order valence-electron chi connectivity index (χ1n) is 10.5. The molecule has 0 atom stereocenters. The lowest BCUT2D eigenvalue weighted by Crippen LogP contribution is -2.31. The zero-order chi connectivity index (χ0) is 21.7. The summed E-state index contributed by atoms with van der Waals surface area (Å²) in [6.45, 7) is 9.52. The summed E-state index contributed by atoms with van der Waals surface area (Å²) in [5, 5.41) is 3.82. The van der Waals surface area contributed by atoms with E-state index in [1.165, 1.54) is 0 Å². The van der Waals surface area contributed by atoms with Crippen molar-refractivity contribution < 1.29 is 0 Å². The van der Waals surface area contributed by atoms with Gasteiger partial charge in [-0.2, -0.15) is 0 Å². The van der Waals surface area contributed by atoms with Crippen molar-refractivity contribution in [3.63, 3.8) is 0 Å². The predicted octanol–water partition coefficient (Wildman–Crippen LogP) is 6.11. The van der Waals surface area contributed by atoms with Crippen LogP contribution in [0.4, 0.5) is 5.69 Å². The summed E-state index contributed by atoms with van der Waals surface area (Å²) < 4.78 is 0. The second-order valence-electron chi connectivity index (χ2n) is 8.22. The number of hydrogen-bond acceptors (Lipinski definition) is 5. The largest absolute Gasteiger partial charge is 0.370 e. The van der Waals surface area contributed by atoms with Crippen molar-refractivity contribution in [3.05, 3.63) is 52.6 Å². The molecule has 0 unspecified atom stereocenters. The molecule has 0 radical (unpaired) electrons. The Morgan fingerprint density at radius 2 is 1.90 bits per heavy atom. The topological polar surface area (TPSA) is 32.3 Å². The van der Waals surface area contributed by atoms with E-state index >= 15 is 0 Å². The number of anilines is 1. The summed E-state index contributed by atoms with van der Waals surface area (Å²) in [4.78, 5) is 13.9. The number of rotatable bonds is 9. The van der Waals surface area contributed by atoms with Crippen LogP contribution in [0.3, 0.4) is 0 Å². The molecule has 0 spiro atoms. The Morgan fingerprint density at radius 1 is 1.10 bits per heavy atom. The van der Waals surface area contributed by atoms with Crippen molar-refractivity contribution in [3.8, 4) is 21.8 Å². The molecule has 2 heterocycles. The fraction of sp³-hybridized carbons (Fsp3) is 0.417. The maximum absolute atomic E-state index is 6.68. The van der Waals surface area contributed by atoms with Crippen LogP contribution in [-0.4, -0.2) is 48.6 Å². The van der Waals surface area contributed by atoms with Crippen LogP contribution in [0.15, 0.2) is 41.9 Å². The van der Waals surface area contributed by atoms with E-state index in [4.69, 9.17) is 16.6 Å². The molecule has 0 saturated carbocycles. The third kappa shape index (κ3) is 5.81. The lowest BCUT2D eigenvalue weighted by atomic mass is 10.1. The fourth-order valence-electron chi connectivity index (χ4n) is 3.37. The fourth-order valence-corrected chi connectivity index (χ4v) is 4.46. The first-order valence-corrected chi connectivity index (χ1v) is 11.7. The van der Waals surface area contributed by atoms with Crippen molar-refractivity contribution in [2.24, 2.45) is 5.92 Å². The number of benzene rings is 1. The second-order valence-corrected chi connectivity index (χ2v) is 9.48. The molecule has 0 bridgehead atoms. The van der Waals surface area contributed by atoms with Gasteiger partial charge in [-0.05, 0) is 63.7 Å². The Kier molecular flexibility index (Phi) is 7.87. The first kappa shape index (κ1) is 22.7. The van der Waals surface area contributed by atoms with E-state index in [-0.39, 0.29) is 0 Å². The zero-order valence-corrected chi connectivity index (χ0v) is 20.1. The molecule has 0 N–H and O–H groups in total. The predicted molar refractivity (Wildman–Crippen MR) is 131 cm³/mol. The van der Waals surface area contributed by atoms with Crippen LogP contribution in [0.2, 0.25) is 5.02 Å². The Hall–Kier alpha value is -1.95. The first-order chi connectivity index (χ1) is 14.4. The number of pyridine rings is 1. The average molecular weight is 443 g/mol. The summed E-state index contributed by atoms with van der Waals surface area (Å²) >= 11 is 8.33. The highest BCUT2D eigenvalue weighted by atomic mass is 35.5. The van der Waals surface area contributed by atoms with E-state index in [1.807, 2.05) is 12.3 Å². The molecule has 0 aliphatic heterocycles. The molecule has 0 aliphatic carbocycles. The number of thiazole rings is 1. The van der Waals surface area contributed by atoms with E-state index in [9.17, 15) is 0 Å². The average Bonchev–Trinajstić information content (AvgIpc) is 3.18. The molecule has 2 aromatic heterocycles. The van der Waals surface area contributed by atoms with E-state index in [1.54, 1.807) is 11.3 Å². The zero-order valence-electron chi connectivity index (χ0n) is 18.5. The van der Waals surface area contributed by atoms with Crippen molar-refractivity contribution in [1.29, 1.82) is 0 Å². The summed E-state index contributed by atoms with van der Waals surface area (Å²) in [7, 11) is 4.19. The van der Waals surface area contributed by atoms with Crippen LogP contribution in [0.1, 0.15) is 26.5 Å². The van der Waals surface area contributed by atoms with E-state index in [2.05, 4.69) is 79.3 Å². The summed E-state index contributed by atoms with van der Waals surface area (Å²) in [6.07, 6.45) is 2.85. The highest BCUT2D eigenvalue weighted by Gasteiger charge is 2.13. The number of halogens is 1. The molecule has 30 heavy (non-hydrogen) atoms. The monoisotopic (exact) mass is 442 g/mol. The third-order valence-electron chi connectivity index (χ3n) is 4.98. The molecule has 0 amide bonds. The van der Waals surface area contributed by atoms with Crippen LogP contribution < -0.4 is 4.90 Å². The molecule has 160 valence electrons. The van der Waals surface area contributed by atoms with E-state index in [0.717, 1.165) is 64.3 Å². The minimum Gasteiger partial charge on any atom is -0.370 e. The molecule has 1 aromatic carbocycles. The van der Waals surface area contributed by atoms with Crippen molar-refractivity contribution >= 4 is 28.6 Å². The minimum atomic E-state index is 0.581. The van der Waals surface area contributed by atoms with Gasteiger partial charge in [0, 0.05) is 53.7 Å². The highest BCUT2D eigenvalue weighted by molar-refractivity contribution is 7.13. The number of likely N-dealkylation sites (N-methyl/N-ethyl adjacent to an activating group) is 2. The number of hydrogen-bond donors (Lipinski definition) is 0. The van der Waals surface area contributed by atoms with Gasteiger partial charge in [0.2, 0.25) is 0 Å². The standard InChI is InChI=1S/C24H31ClN4S/c1-6-29(12-11-28(4)5)20-7-8-21(22(25)15-20)23-16-30-24(27-23)18-9-10-26-19(14-18)13-17(2)3/h7-10,14-17H,6,11-13H2,1-5H3. The minimum absolute atomic E-state index is 0.581. The van der Waals surface area contributed by atoms with Gasteiger partial charge in [-0.1, -0.05) is 25.4 Å². The van der Waals surface area contributed by atoms with E-state index < -0.39 is 0 Å². The van der Waals surface area contributed by atoms with Crippen molar-refractivity contribution in [1.82, 2.24) is 14.9 Å². The quantitative estimate of drug-likeness (QED) is 0.400. The summed E-state index contributed by atoms with van der Waals surface area (Å²) in [5.41, 5.74) is 5.27. The molecule has 0 fully saturated rings. The van der Waals surface area contributed by atoms with Gasteiger partial charge >= 0.3 is 0 Å². The van der Waals surface area contributed by atoms with Crippen molar-refractivity contribution in [2.75, 3.05) is 38.6 Å². The Labute approximate surface area is 189 Å². The number of nitrogens with zero attached hydrogens (tertiary/aromatic N) is 4. The maximum atomic E-state index is 6.68. The molecule has 6 heteroatoms. The van der Waals surface area contributed by atoms with Gasteiger partial charge in [0.15, 0.2) is 0 Å². The van der Waals surface area contributed by atoms with Gasteiger partial charge in [0.25, 0.3) is 0 Å². The van der Waals surface area contributed by atoms with Gasteiger partial charge in [-0.3, -0.25) is 4.98 Å². The highest BCUT2D eigenvalue weighted by Crippen LogP contribution is 2.35. The molecular weight excluding hydrogens is 412 g/mol. The molecule has 3 aromatic rings.